The molecule has 0 radical (unpaired) electrons. The Kier molecular flexibility index (Phi) is 4.18. The van der Waals surface area contributed by atoms with Crippen LogP contribution in [0.2, 0.25) is 5.15 Å². The molecule has 0 fully saturated rings. The molecule has 2 N–H and O–H groups in total. The molecule has 0 bridgehead atoms. The number of rotatable bonds is 3. The molecule has 0 saturated heterocycles. The first-order chi connectivity index (χ1) is 9.90. The van der Waals surface area contributed by atoms with Gasteiger partial charge in [0.15, 0.2) is 11.0 Å². The first-order valence-electron chi connectivity index (χ1n) is 6.04. The van der Waals surface area contributed by atoms with Gasteiger partial charge in [-0.15, -0.1) is 0 Å². The van der Waals surface area contributed by atoms with Crippen LogP contribution in [-0.2, 0) is 9.59 Å². The van der Waals surface area contributed by atoms with Crippen molar-refractivity contribution >= 4 is 40.3 Å². The van der Waals surface area contributed by atoms with E-state index >= 15 is 0 Å². The number of carbonyl (C=O) groups is 2. The van der Waals surface area contributed by atoms with Crippen molar-refractivity contribution in [1.29, 1.82) is 0 Å². The van der Waals surface area contributed by atoms with Gasteiger partial charge in [-0.3, -0.25) is 4.79 Å². The molecule has 0 saturated carbocycles. The summed E-state index contributed by atoms with van der Waals surface area (Å²) in [5.41, 5.74) is 1.22. The standard InChI is InChI=1S/C14H12ClN3O3/c1-7(8(2)14(20)21)13(19)18-12-11(15)16-9-5-3-4-6-10(9)17-12/h3-6H,1-2H3,(H,20,21)(H,17,18,19)/b8-7+. The molecule has 0 aliphatic heterocycles. The molecular formula is C14H12ClN3O3. The van der Waals surface area contributed by atoms with Gasteiger partial charge in [0.1, 0.15) is 0 Å². The molecule has 1 amide bonds. The molecule has 7 heteroatoms. The molecule has 2 rings (SSSR count). The van der Waals surface area contributed by atoms with Crippen LogP contribution in [0.3, 0.4) is 0 Å². The Bertz CT molecular complexity index is 771. The van der Waals surface area contributed by atoms with Gasteiger partial charge in [0.25, 0.3) is 5.91 Å². The van der Waals surface area contributed by atoms with Crippen LogP contribution in [0.5, 0.6) is 0 Å². The number of fused-ring (bicyclic) bond motifs is 1. The first-order valence-corrected chi connectivity index (χ1v) is 6.42. The number of halogens is 1. The summed E-state index contributed by atoms with van der Waals surface area (Å²) in [5, 5.41) is 11.4. The van der Waals surface area contributed by atoms with Crippen molar-refractivity contribution in [2.24, 2.45) is 0 Å². The minimum Gasteiger partial charge on any atom is -0.478 e. The molecule has 1 aromatic carbocycles. The van der Waals surface area contributed by atoms with Crippen LogP contribution in [-0.4, -0.2) is 27.0 Å². The Balaban J connectivity index is 2.36. The van der Waals surface area contributed by atoms with Crippen LogP contribution < -0.4 is 5.32 Å². The van der Waals surface area contributed by atoms with Crippen molar-refractivity contribution in [2.45, 2.75) is 13.8 Å². The van der Waals surface area contributed by atoms with E-state index in [-0.39, 0.29) is 22.1 Å². The lowest BCUT2D eigenvalue weighted by Crippen LogP contribution is -2.17. The van der Waals surface area contributed by atoms with Gasteiger partial charge in [-0.1, -0.05) is 23.7 Å². The summed E-state index contributed by atoms with van der Waals surface area (Å²) in [6.45, 7) is 2.77. The number of nitrogens with one attached hydrogen (secondary N) is 1. The van der Waals surface area contributed by atoms with Gasteiger partial charge in [-0.25, -0.2) is 14.8 Å². The normalized spacial score (nSPS) is 12.0. The Morgan fingerprint density at radius 3 is 2.24 bits per heavy atom. The quantitative estimate of drug-likeness (QED) is 0.850. The molecule has 1 heterocycles. The van der Waals surface area contributed by atoms with E-state index in [9.17, 15) is 9.59 Å². The Morgan fingerprint density at radius 2 is 1.67 bits per heavy atom. The lowest BCUT2D eigenvalue weighted by molar-refractivity contribution is -0.133. The summed E-state index contributed by atoms with van der Waals surface area (Å²) in [7, 11) is 0. The van der Waals surface area contributed by atoms with Crippen molar-refractivity contribution < 1.29 is 14.7 Å². The zero-order chi connectivity index (χ0) is 15.6. The largest absolute Gasteiger partial charge is 0.478 e. The predicted octanol–water partition coefficient (Wildman–Crippen LogP) is 2.64. The highest BCUT2D eigenvalue weighted by molar-refractivity contribution is 6.32. The minimum atomic E-state index is -1.15. The number of hydrogen-bond donors (Lipinski definition) is 2. The van der Waals surface area contributed by atoms with Crippen molar-refractivity contribution in [1.82, 2.24) is 9.97 Å². The second-order valence-corrected chi connectivity index (χ2v) is 4.72. The van der Waals surface area contributed by atoms with E-state index in [4.69, 9.17) is 16.7 Å². The number of carbonyl (C=O) groups excluding carboxylic acids is 1. The van der Waals surface area contributed by atoms with Gasteiger partial charge in [0.2, 0.25) is 0 Å². The van der Waals surface area contributed by atoms with Crippen LogP contribution in [0, 0.1) is 0 Å². The number of amides is 1. The molecule has 0 aliphatic carbocycles. The van der Waals surface area contributed by atoms with E-state index in [1.807, 2.05) is 0 Å². The summed E-state index contributed by atoms with van der Waals surface area (Å²) in [6, 6.07) is 7.07. The fraction of sp³-hybridized carbons (Fsp3) is 0.143. The number of carboxylic acid groups (broad SMARTS) is 1. The van der Waals surface area contributed by atoms with Gasteiger partial charge >= 0.3 is 5.97 Å². The van der Waals surface area contributed by atoms with Crippen LogP contribution in [0.4, 0.5) is 5.82 Å². The lowest BCUT2D eigenvalue weighted by Gasteiger charge is -2.08. The first kappa shape index (κ1) is 14.9. The fourth-order valence-corrected chi connectivity index (χ4v) is 1.77. The third-order valence-corrected chi connectivity index (χ3v) is 3.25. The topological polar surface area (TPSA) is 92.2 Å². The van der Waals surface area contributed by atoms with E-state index < -0.39 is 11.9 Å². The van der Waals surface area contributed by atoms with E-state index in [0.717, 1.165) is 0 Å². The van der Waals surface area contributed by atoms with Crippen LogP contribution in [0.1, 0.15) is 13.8 Å². The maximum absolute atomic E-state index is 12.0. The molecule has 0 spiro atoms. The van der Waals surface area contributed by atoms with Crippen molar-refractivity contribution in [3.63, 3.8) is 0 Å². The van der Waals surface area contributed by atoms with Gasteiger partial charge in [-0.2, -0.15) is 0 Å². The Labute approximate surface area is 125 Å². The maximum atomic E-state index is 12.0. The fourth-order valence-electron chi connectivity index (χ4n) is 1.59. The number of benzene rings is 1. The molecule has 2 aromatic rings. The average Bonchev–Trinajstić information content (AvgIpc) is 2.46. The molecule has 1 aromatic heterocycles. The second kappa shape index (κ2) is 5.88. The van der Waals surface area contributed by atoms with Crippen molar-refractivity contribution in [3.8, 4) is 0 Å². The summed E-state index contributed by atoms with van der Waals surface area (Å²) < 4.78 is 0. The SMILES string of the molecule is C/C(C(=O)O)=C(/C)C(=O)Nc1nc2ccccc2nc1Cl. The smallest absolute Gasteiger partial charge is 0.331 e. The van der Waals surface area contributed by atoms with Gasteiger partial charge in [0, 0.05) is 11.1 Å². The number of carboxylic acids is 1. The number of nitrogens with zero attached hydrogens (tertiary/aromatic N) is 2. The molecular weight excluding hydrogens is 294 g/mol. The summed E-state index contributed by atoms with van der Waals surface area (Å²) in [4.78, 5) is 31.2. The second-order valence-electron chi connectivity index (χ2n) is 4.36. The monoisotopic (exact) mass is 305 g/mol. The number of hydrogen-bond acceptors (Lipinski definition) is 4. The summed E-state index contributed by atoms with van der Waals surface area (Å²) in [5.74, 6) is -1.64. The highest BCUT2D eigenvalue weighted by atomic mass is 35.5. The van der Waals surface area contributed by atoms with E-state index in [0.29, 0.717) is 11.0 Å². The Hall–Kier alpha value is -2.47. The Morgan fingerprint density at radius 1 is 1.10 bits per heavy atom. The maximum Gasteiger partial charge on any atom is 0.331 e. The summed E-state index contributed by atoms with van der Waals surface area (Å²) in [6.07, 6.45) is 0. The van der Waals surface area contributed by atoms with Crippen LogP contribution in [0.15, 0.2) is 35.4 Å². The highest BCUT2D eigenvalue weighted by Crippen LogP contribution is 2.21. The third-order valence-electron chi connectivity index (χ3n) is 2.98. The predicted molar refractivity (Wildman–Crippen MR) is 79.2 cm³/mol. The number of aliphatic carboxylic acids is 1. The number of aromatic nitrogens is 2. The van der Waals surface area contributed by atoms with E-state index in [1.165, 1.54) is 13.8 Å². The third kappa shape index (κ3) is 3.17. The van der Waals surface area contributed by atoms with Crippen molar-refractivity contribution in [2.75, 3.05) is 5.32 Å². The van der Waals surface area contributed by atoms with Gasteiger partial charge in [-0.05, 0) is 26.0 Å². The summed E-state index contributed by atoms with van der Waals surface area (Å²) >= 11 is 5.97. The van der Waals surface area contributed by atoms with E-state index in [1.54, 1.807) is 24.3 Å². The van der Waals surface area contributed by atoms with E-state index in [2.05, 4.69) is 15.3 Å². The molecule has 0 unspecified atom stereocenters. The zero-order valence-corrected chi connectivity index (χ0v) is 12.1. The molecule has 0 aliphatic rings. The van der Waals surface area contributed by atoms with Crippen LogP contribution >= 0.6 is 11.6 Å². The van der Waals surface area contributed by atoms with Crippen LogP contribution in [0.25, 0.3) is 11.0 Å². The number of anilines is 1. The molecule has 0 atom stereocenters. The van der Waals surface area contributed by atoms with Gasteiger partial charge < -0.3 is 10.4 Å². The molecule has 6 nitrogen and oxygen atoms in total. The average molecular weight is 306 g/mol. The zero-order valence-electron chi connectivity index (χ0n) is 11.3. The highest BCUT2D eigenvalue weighted by Gasteiger charge is 2.15. The molecule has 108 valence electrons. The van der Waals surface area contributed by atoms with Gasteiger partial charge in [0.05, 0.1) is 11.0 Å². The number of para-hydroxylation sites is 2. The van der Waals surface area contributed by atoms with Crippen molar-refractivity contribution in [3.05, 3.63) is 40.6 Å². The molecule has 21 heavy (non-hydrogen) atoms. The minimum absolute atomic E-state index is 0.0441. The lowest BCUT2D eigenvalue weighted by atomic mass is 10.1.